The SMILES string of the molecule is COc1cc2c(cc1OC)C1CN(C)CCC1N=C2c1ccc(NC(C)=O)cc1. The molecule has 0 bridgehead atoms. The van der Waals surface area contributed by atoms with Gasteiger partial charge in [0.15, 0.2) is 11.5 Å². The van der Waals surface area contributed by atoms with E-state index in [1.807, 2.05) is 30.3 Å². The van der Waals surface area contributed by atoms with Crippen molar-refractivity contribution in [2.45, 2.75) is 25.3 Å². The predicted molar refractivity (Wildman–Crippen MR) is 115 cm³/mol. The van der Waals surface area contributed by atoms with E-state index in [2.05, 4.69) is 23.3 Å². The summed E-state index contributed by atoms with van der Waals surface area (Å²) in [6.45, 7) is 3.53. The van der Waals surface area contributed by atoms with Crippen LogP contribution in [-0.2, 0) is 4.79 Å². The number of amides is 1. The number of likely N-dealkylation sites (N-methyl/N-ethyl adjacent to an activating group) is 1. The molecule has 2 aliphatic heterocycles. The minimum Gasteiger partial charge on any atom is -0.493 e. The topological polar surface area (TPSA) is 63.2 Å². The molecule has 6 nitrogen and oxygen atoms in total. The molecule has 0 aromatic heterocycles. The second-order valence-corrected chi connectivity index (χ2v) is 7.76. The third-order valence-electron chi connectivity index (χ3n) is 5.76. The van der Waals surface area contributed by atoms with Gasteiger partial charge in [0.25, 0.3) is 0 Å². The zero-order valence-electron chi connectivity index (χ0n) is 17.4. The van der Waals surface area contributed by atoms with Crippen molar-refractivity contribution in [3.05, 3.63) is 53.1 Å². The number of rotatable bonds is 4. The number of piperidine rings is 1. The zero-order valence-corrected chi connectivity index (χ0v) is 17.4. The van der Waals surface area contributed by atoms with Gasteiger partial charge in [0.05, 0.1) is 26.0 Å². The number of anilines is 1. The van der Waals surface area contributed by atoms with E-state index in [0.29, 0.717) is 11.7 Å². The summed E-state index contributed by atoms with van der Waals surface area (Å²) in [4.78, 5) is 18.9. The van der Waals surface area contributed by atoms with Gasteiger partial charge < -0.3 is 19.7 Å². The maximum atomic E-state index is 11.3. The Morgan fingerprint density at radius 3 is 2.48 bits per heavy atom. The molecule has 29 heavy (non-hydrogen) atoms. The molecular formula is C23H27N3O3. The Morgan fingerprint density at radius 2 is 1.83 bits per heavy atom. The molecule has 0 radical (unpaired) electrons. The number of aliphatic imine (C=N–C) groups is 1. The van der Waals surface area contributed by atoms with Crippen LogP contribution in [0.3, 0.4) is 0 Å². The van der Waals surface area contributed by atoms with Gasteiger partial charge in [-0.2, -0.15) is 0 Å². The molecule has 0 aliphatic carbocycles. The molecule has 2 aromatic carbocycles. The van der Waals surface area contributed by atoms with Crippen molar-refractivity contribution in [1.29, 1.82) is 0 Å². The number of fused-ring (bicyclic) bond motifs is 3. The maximum Gasteiger partial charge on any atom is 0.221 e. The highest BCUT2D eigenvalue weighted by Crippen LogP contribution is 2.42. The molecule has 1 fully saturated rings. The van der Waals surface area contributed by atoms with E-state index in [4.69, 9.17) is 14.5 Å². The Kier molecular flexibility index (Phi) is 5.28. The number of methoxy groups -OCH3 is 2. The van der Waals surface area contributed by atoms with E-state index in [1.54, 1.807) is 14.2 Å². The maximum absolute atomic E-state index is 11.3. The molecule has 1 N–H and O–H groups in total. The number of carbonyl (C=O) groups excluding carboxylic acids is 1. The third kappa shape index (κ3) is 3.72. The number of ether oxygens (including phenoxy) is 2. The summed E-state index contributed by atoms with van der Waals surface area (Å²) in [5, 5.41) is 2.82. The molecule has 4 rings (SSSR count). The molecule has 2 atom stereocenters. The van der Waals surface area contributed by atoms with Crippen molar-refractivity contribution in [2.75, 3.05) is 39.7 Å². The van der Waals surface area contributed by atoms with E-state index in [9.17, 15) is 4.79 Å². The van der Waals surface area contributed by atoms with Gasteiger partial charge >= 0.3 is 0 Å². The van der Waals surface area contributed by atoms with Gasteiger partial charge in [0, 0.05) is 36.2 Å². The van der Waals surface area contributed by atoms with Crippen LogP contribution < -0.4 is 14.8 Å². The Bertz CT molecular complexity index is 953. The lowest BCUT2D eigenvalue weighted by molar-refractivity contribution is -0.114. The first-order valence-electron chi connectivity index (χ1n) is 9.90. The number of likely N-dealkylation sites (tertiary alicyclic amines) is 1. The molecule has 0 spiro atoms. The van der Waals surface area contributed by atoms with Crippen LogP contribution >= 0.6 is 0 Å². The summed E-state index contributed by atoms with van der Waals surface area (Å²) >= 11 is 0. The third-order valence-corrected chi connectivity index (χ3v) is 5.76. The first kappa shape index (κ1) is 19.5. The number of benzene rings is 2. The van der Waals surface area contributed by atoms with Crippen LogP contribution in [0.2, 0.25) is 0 Å². The highest BCUT2D eigenvalue weighted by Gasteiger charge is 2.36. The monoisotopic (exact) mass is 393 g/mol. The fourth-order valence-electron chi connectivity index (χ4n) is 4.35. The van der Waals surface area contributed by atoms with Gasteiger partial charge in [0.2, 0.25) is 5.91 Å². The van der Waals surface area contributed by atoms with Crippen molar-refractivity contribution >= 4 is 17.3 Å². The number of carbonyl (C=O) groups is 1. The standard InChI is InChI=1S/C23H27N3O3/c1-14(27)24-16-7-5-15(6-8-16)23-18-12-22(29-4)21(28-3)11-17(18)19-13-26(2)10-9-20(19)25-23/h5-8,11-12,19-20H,9-10,13H2,1-4H3,(H,24,27). The molecule has 0 saturated carbocycles. The van der Waals surface area contributed by atoms with E-state index < -0.39 is 0 Å². The van der Waals surface area contributed by atoms with Crippen LogP contribution in [0.1, 0.15) is 36.0 Å². The summed E-state index contributed by atoms with van der Waals surface area (Å²) in [6, 6.07) is 12.3. The summed E-state index contributed by atoms with van der Waals surface area (Å²) in [6.07, 6.45) is 1.03. The lowest BCUT2D eigenvalue weighted by atomic mass is 9.79. The Hall–Kier alpha value is -2.86. The normalized spacial score (nSPS) is 20.9. The molecule has 2 unspecified atom stereocenters. The molecule has 152 valence electrons. The average molecular weight is 393 g/mol. The van der Waals surface area contributed by atoms with Crippen LogP contribution in [-0.4, -0.2) is 56.9 Å². The van der Waals surface area contributed by atoms with Gasteiger partial charge in [-0.3, -0.25) is 9.79 Å². The van der Waals surface area contributed by atoms with Gasteiger partial charge in [-0.15, -0.1) is 0 Å². The van der Waals surface area contributed by atoms with Crippen LogP contribution in [0.25, 0.3) is 0 Å². The van der Waals surface area contributed by atoms with Gasteiger partial charge in [-0.1, -0.05) is 12.1 Å². The van der Waals surface area contributed by atoms with Crippen molar-refractivity contribution in [3.8, 4) is 11.5 Å². The number of hydrogen-bond acceptors (Lipinski definition) is 5. The minimum atomic E-state index is -0.0795. The number of nitrogens with one attached hydrogen (secondary N) is 1. The average Bonchev–Trinajstić information content (AvgIpc) is 2.72. The lowest BCUT2D eigenvalue weighted by Crippen LogP contribution is -2.41. The Morgan fingerprint density at radius 1 is 1.14 bits per heavy atom. The van der Waals surface area contributed by atoms with Crippen LogP contribution in [0.4, 0.5) is 5.69 Å². The van der Waals surface area contributed by atoms with E-state index in [1.165, 1.54) is 12.5 Å². The summed E-state index contributed by atoms with van der Waals surface area (Å²) in [5.41, 5.74) is 5.13. The van der Waals surface area contributed by atoms with Crippen LogP contribution in [0.5, 0.6) is 11.5 Å². The Labute approximate surface area is 171 Å². The van der Waals surface area contributed by atoms with E-state index >= 15 is 0 Å². The van der Waals surface area contributed by atoms with Crippen molar-refractivity contribution in [2.24, 2.45) is 4.99 Å². The zero-order chi connectivity index (χ0) is 20.5. The lowest BCUT2D eigenvalue weighted by Gasteiger charge is -2.39. The minimum absolute atomic E-state index is 0.0795. The first-order valence-corrected chi connectivity index (χ1v) is 9.90. The molecule has 2 aromatic rings. The number of nitrogens with zero attached hydrogens (tertiary/aromatic N) is 2. The largest absolute Gasteiger partial charge is 0.493 e. The van der Waals surface area contributed by atoms with Crippen LogP contribution in [0, 0.1) is 0 Å². The highest BCUT2D eigenvalue weighted by molar-refractivity contribution is 6.15. The molecule has 1 saturated heterocycles. The smallest absolute Gasteiger partial charge is 0.221 e. The fraction of sp³-hybridized carbons (Fsp3) is 0.391. The second-order valence-electron chi connectivity index (χ2n) is 7.76. The molecule has 2 heterocycles. The summed E-state index contributed by atoms with van der Waals surface area (Å²) < 4.78 is 11.2. The first-order chi connectivity index (χ1) is 14.0. The molecular weight excluding hydrogens is 366 g/mol. The van der Waals surface area contributed by atoms with Crippen LogP contribution in [0.15, 0.2) is 41.4 Å². The van der Waals surface area contributed by atoms with Crippen molar-refractivity contribution in [1.82, 2.24) is 4.90 Å². The number of hydrogen-bond donors (Lipinski definition) is 1. The van der Waals surface area contributed by atoms with Crippen molar-refractivity contribution < 1.29 is 14.3 Å². The molecule has 6 heteroatoms. The van der Waals surface area contributed by atoms with E-state index in [-0.39, 0.29) is 11.9 Å². The highest BCUT2D eigenvalue weighted by atomic mass is 16.5. The summed E-state index contributed by atoms with van der Waals surface area (Å²) in [5.74, 6) is 1.71. The van der Waals surface area contributed by atoms with Gasteiger partial charge in [-0.05, 0) is 49.8 Å². The van der Waals surface area contributed by atoms with Crippen molar-refractivity contribution in [3.63, 3.8) is 0 Å². The van der Waals surface area contributed by atoms with Gasteiger partial charge in [-0.25, -0.2) is 0 Å². The summed E-state index contributed by atoms with van der Waals surface area (Å²) in [7, 11) is 5.49. The second kappa shape index (κ2) is 7.87. The van der Waals surface area contributed by atoms with Gasteiger partial charge in [0.1, 0.15) is 0 Å². The molecule has 2 aliphatic rings. The quantitative estimate of drug-likeness (QED) is 0.866. The Balaban J connectivity index is 1.81. The predicted octanol–water partition coefficient (Wildman–Crippen LogP) is 3.30. The molecule has 1 amide bonds. The van der Waals surface area contributed by atoms with E-state index in [0.717, 1.165) is 47.8 Å². The fourth-order valence-corrected chi connectivity index (χ4v) is 4.35.